The maximum Gasteiger partial charge on any atom is 0.249 e. The first kappa shape index (κ1) is 69.3. The zero-order chi connectivity index (χ0) is 51.6. The minimum absolute atomic E-state index is 0.360. The lowest BCUT2D eigenvalue weighted by atomic mass is 10.00. The molecule has 0 heterocycles. The minimum atomic E-state index is -1.29. The smallest absolute Gasteiger partial charge is 0.249 e. The lowest BCUT2D eigenvalue weighted by Crippen LogP contribution is -2.53. The first-order valence-electron chi connectivity index (χ1n) is 31.5. The molecule has 0 saturated heterocycles. The third-order valence-electron chi connectivity index (χ3n) is 14.7. The van der Waals surface area contributed by atoms with E-state index in [2.05, 4.69) is 67.8 Å². The molecule has 0 radical (unpaired) electrons. The van der Waals surface area contributed by atoms with E-state index in [4.69, 9.17) is 0 Å². The van der Waals surface area contributed by atoms with Gasteiger partial charge in [0, 0.05) is 0 Å². The summed E-state index contributed by atoms with van der Waals surface area (Å²) in [7, 11) is 0. The van der Waals surface area contributed by atoms with E-state index in [1.165, 1.54) is 250 Å². The predicted molar refractivity (Wildman–Crippen MR) is 311 cm³/mol. The summed E-state index contributed by atoms with van der Waals surface area (Å²) < 4.78 is 0. The summed E-state index contributed by atoms with van der Waals surface area (Å²) in [5.74, 6) is -0.594. The van der Waals surface area contributed by atoms with Gasteiger partial charge in [0.1, 0.15) is 12.2 Å². The molecule has 0 aliphatic rings. The molecule has 1 amide bonds. The van der Waals surface area contributed by atoms with E-state index in [9.17, 15) is 25.2 Å². The number of aliphatic hydroxyl groups excluding tert-OH is 4. The Morgan fingerprint density at radius 3 is 0.972 bits per heavy atom. The summed E-state index contributed by atoms with van der Waals surface area (Å²) in [6.45, 7) is 4.07. The Morgan fingerprint density at radius 1 is 0.352 bits per heavy atom. The maximum atomic E-state index is 12.6. The van der Waals surface area contributed by atoms with Crippen molar-refractivity contribution in [3.63, 3.8) is 0 Å². The number of allylic oxidation sites excluding steroid dienone is 8. The molecule has 4 unspecified atom stereocenters. The summed E-state index contributed by atoms with van der Waals surface area (Å²) in [4.78, 5) is 12.6. The number of nitrogens with one attached hydrogen (secondary N) is 1. The van der Waals surface area contributed by atoms with Gasteiger partial charge in [-0.2, -0.15) is 0 Å². The van der Waals surface area contributed by atoms with Gasteiger partial charge in [-0.25, -0.2) is 0 Å². The van der Waals surface area contributed by atoms with Crippen LogP contribution in [0.25, 0.3) is 0 Å². The van der Waals surface area contributed by atoms with Gasteiger partial charge in [0.15, 0.2) is 0 Å². The van der Waals surface area contributed by atoms with Gasteiger partial charge in [0.05, 0.1) is 18.8 Å². The molecule has 0 aliphatic heterocycles. The van der Waals surface area contributed by atoms with Gasteiger partial charge in [-0.1, -0.05) is 294 Å². The molecule has 0 spiro atoms. The number of hydrogen-bond acceptors (Lipinski definition) is 5. The second-order valence-corrected chi connectivity index (χ2v) is 21.7. The number of unbranched alkanes of at least 4 members (excludes halogenated alkanes) is 41. The van der Waals surface area contributed by atoms with Crippen LogP contribution in [0, 0.1) is 0 Å². The number of carbonyl (C=O) groups excluding carboxylic acids is 1. The number of rotatable bonds is 58. The van der Waals surface area contributed by atoms with E-state index in [0.717, 1.165) is 44.9 Å². The number of hydrogen-bond donors (Lipinski definition) is 5. The van der Waals surface area contributed by atoms with Crippen LogP contribution in [0.4, 0.5) is 0 Å². The van der Waals surface area contributed by atoms with Crippen molar-refractivity contribution in [2.45, 2.75) is 353 Å². The zero-order valence-electron chi connectivity index (χ0n) is 47.5. The fraction of sp³-hybridized carbons (Fsp3) is 0.862. The van der Waals surface area contributed by atoms with Gasteiger partial charge >= 0.3 is 0 Å². The molecule has 0 rings (SSSR count). The third kappa shape index (κ3) is 52.9. The van der Waals surface area contributed by atoms with Crippen molar-refractivity contribution in [1.29, 1.82) is 0 Å². The molecule has 0 aromatic rings. The van der Waals surface area contributed by atoms with E-state index >= 15 is 0 Å². The Labute approximate surface area is 442 Å². The maximum absolute atomic E-state index is 12.6. The Balaban J connectivity index is 3.63. The van der Waals surface area contributed by atoms with Gasteiger partial charge in [-0.15, -0.1) is 0 Å². The summed E-state index contributed by atoms with van der Waals surface area (Å²) in [5, 5.41) is 44.1. The zero-order valence-corrected chi connectivity index (χ0v) is 47.5. The van der Waals surface area contributed by atoms with Crippen molar-refractivity contribution in [3.8, 4) is 0 Å². The average Bonchev–Trinajstić information content (AvgIpc) is 3.38. The van der Waals surface area contributed by atoms with Gasteiger partial charge < -0.3 is 25.7 Å². The van der Waals surface area contributed by atoms with Crippen LogP contribution in [0.1, 0.15) is 328 Å². The van der Waals surface area contributed by atoms with Crippen LogP contribution in [-0.4, -0.2) is 57.3 Å². The van der Waals surface area contributed by atoms with Crippen LogP contribution in [0.15, 0.2) is 48.6 Å². The van der Waals surface area contributed by atoms with Crippen LogP contribution in [-0.2, 0) is 4.79 Å². The Bertz CT molecular complexity index is 1170. The molecule has 0 aromatic carbocycles. The first-order valence-corrected chi connectivity index (χ1v) is 31.5. The normalized spacial score (nSPS) is 13.9. The quantitative estimate of drug-likeness (QED) is 0.0308. The van der Waals surface area contributed by atoms with Crippen LogP contribution < -0.4 is 5.32 Å². The second-order valence-electron chi connectivity index (χ2n) is 21.7. The van der Waals surface area contributed by atoms with Crippen LogP contribution in [0.5, 0.6) is 0 Å². The standard InChI is InChI=1S/C65H123NO5/c1-3-5-7-9-11-13-15-17-19-21-23-25-27-28-29-30-31-32-33-34-35-37-39-41-43-45-47-49-51-53-55-57-59-63(69)65(71)66-61(60-67)64(70)62(68)58-56-54-52-50-48-46-44-42-40-38-36-26-24-22-20-18-16-14-12-10-8-6-4-2/h23,25,28-29,42,44,50,52,61-64,67-70H,3-22,24,26-27,30-41,43,45-49,51,53-60H2,1-2H3,(H,66,71)/b25-23-,29-28-,44-42+,52-50+. The lowest BCUT2D eigenvalue weighted by Gasteiger charge is -2.27. The lowest BCUT2D eigenvalue weighted by molar-refractivity contribution is -0.132. The molecule has 4 atom stereocenters. The van der Waals surface area contributed by atoms with Crippen molar-refractivity contribution in [1.82, 2.24) is 5.32 Å². The largest absolute Gasteiger partial charge is 0.394 e. The molecule has 0 fully saturated rings. The number of amides is 1. The highest BCUT2D eigenvalue weighted by atomic mass is 16.3. The molecule has 0 bridgehead atoms. The Hall–Kier alpha value is -1.73. The molecule has 418 valence electrons. The molecule has 6 nitrogen and oxygen atoms in total. The van der Waals surface area contributed by atoms with Crippen molar-refractivity contribution in [2.75, 3.05) is 6.61 Å². The Morgan fingerprint density at radius 2 is 0.634 bits per heavy atom. The van der Waals surface area contributed by atoms with E-state index in [1.54, 1.807) is 0 Å². The molecule has 0 aromatic heterocycles. The Kier molecular flexibility index (Phi) is 57.7. The van der Waals surface area contributed by atoms with Gasteiger partial charge in [-0.3, -0.25) is 4.79 Å². The van der Waals surface area contributed by atoms with E-state index < -0.39 is 36.9 Å². The fourth-order valence-electron chi connectivity index (χ4n) is 9.81. The summed E-state index contributed by atoms with van der Waals surface area (Å²) in [6, 6.07) is -1.01. The predicted octanol–water partition coefficient (Wildman–Crippen LogP) is 18.9. The first-order chi connectivity index (χ1) is 35.0. The van der Waals surface area contributed by atoms with Crippen molar-refractivity contribution >= 4 is 5.91 Å². The third-order valence-corrected chi connectivity index (χ3v) is 14.7. The topological polar surface area (TPSA) is 110 Å². The highest BCUT2D eigenvalue weighted by molar-refractivity contribution is 5.80. The summed E-state index contributed by atoms with van der Waals surface area (Å²) in [5.41, 5.74) is 0. The van der Waals surface area contributed by atoms with E-state index in [-0.39, 0.29) is 0 Å². The van der Waals surface area contributed by atoms with E-state index in [1.807, 2.05) is 0 Å². The average molecular weight is 999 g/mol. The van der Waals surface area contributed by atoms with Gasteiger partial charge in [0.2, 0.25) is 5.91 Å². The van der Waals surface area contributed by atoms with E-state index in [0.29, 0.717) is 19.3 Å². The van der Waals surface area contributed by atoms with Gasteiger partial charge in [-0.05, 0) is 83.5 Å². The monoisotopic (exact) mass is 998 g/mol. The molecule has 0 saturated carbocycles. The molecule has 6 heteroatoms. The highest BCUT2D eigenvalue weighted by Gasteiger charge is 2.28. The van der Waals surface area contributed by atoms with Crippen LogP contribution in [0.2, 0.25) is 0 Å². The van der Waals surface area contributed by atoms with Crippen molar-refractivity contribution < 1.29 is 25.2 Å². The summed E-state index contributed by atoms with van der Waals surface area (Å²) >= 11 is 0. The van der Waals surface area contributed by atoms with Crippen molar-refractivity contribution in [2.24, 2.45) is 0 Å². The number of aliphatic hydroxyl groups is 4. The minimum Gasteiger partial charge on any atom is -0.394 e. The summed E-state index contributed by atoms with van der Waals surface area (Å²) in [6.07, 6.45) is 76.3. The molecular formula is C65H123NO5. The molecule has 71 heavy (non-hydrogen) atoms. The SMILES string of the molecule is CCCCCCCCCCC/C=C\C/C=C\CCCCCCCCCCCCCCCCCCC(O)C(=O)NC(CO)C(O)C(O)CCC/C=C/CC/C=C/CCCCCCCCCCCCCCCC. The number of carbonyl (C=O) groups is 1. The highest BCUT2D eigenvalue weighted by Crippen LogP contribution is 2.18. The fourth-order valence-corrected chi connectivity index (χ4v) is 9.81. The van der Waals surface area contributed by atoms with Crippen molar-refractivity contribution in [3.05, 3.63) is 48.6 Å². The second kappa shape index (κ2) is 59.2. The molecular weight excluding hydrogens is 875 g/mol. The molecule has 5 N–H and O–H groups in total. The van der Waals surface area contributed by atoms with Crippen LogP contribution in [0.3, 0.4) is 0 Å². The molecule has 0 aliphatic carbocycles. The van der Waals surface area contributed by atoms with Gasteiger partial charge in [0.25, 0.3) is 0 Å². The van der Waals surface area contributed by atoms with Crippen LogP contribution >= 0.6 is 0 Å².